The van der Waals surface area contributed by atoms with Crippen LogP contribution < -0.4 is 5.32 Å². The number of rotatable bonds is 4. The lowest BCUT2D eigenvalue weighted by atomic mass is 10.1. The molecule has 88 valence electrons. The van der Waals surface area contributed by atoms with E-state index in [-0.39, 0.29) is 17.8 Å². The van der Waals surface area contributed by atoms with Crippen molar-refractivity contribution in [1.82, 2.24) is 4.98 Å². The van der Waals surface area contributed by atoms with E-state index in [1.165, 1.54) is 0 Å². The number of carboxylic acid groups (broad SMARTS) is 1. The zero-order chi connectivity index (χ0) is 11.5. The molecule has 0 spiro atoms. The average molecular weight is 226 g/mol. The average Bonchev–Trinajstić information content (AvgIpc) is 2.83. The van der Waals surface area contributed by atoms with Gasteiger partial charge in [-0.2, -0.15) is 4.98 Å². The summed E-state index contributed by atoms with van der Waals surface area (Å²) in [5.74, 6) is -0.705. The lowest BCUT2D eigenvalue weighted by Gasteiger charge is -2.08. The van der Waals surface area contributed by atoms with Gasteiger partial charge in [-0.3, -0.25) is 0 Å². The summed E-state index contributed by atoms with van der Waals surface area (Å²) >= 11 is 0. The molecule has 1 aliphatic rings. The molecule has 1 fully saturated rings. The highest BCUT2D eigenvalue weighted by Gasteiger charge is 2.22. The molecule has 1 heterocycles. The van der Waals surface area contributed by atoms with Gasteiger partial charge in [-0.15, -0.1) is 0 Å². The molecule has 0 aromatic carbocycles. The lowest BCUT2D eigenvalue weighted by molar-refractivity contribution is 0.0690. The van der Waals surface area contributed by atoms with Crippen LogP contribution in [0.25, 0.3) is 0 Å². The van der Waals surface area contributed by atoms with Gasteiger partial charge < -0.3 is 19.9 Å². The maximum Gasteiger partial charge on any atom is 0.357 e. The quantitative estimate of drug-likeness (QED) is 0.707. The Morgan fingerprint density at radius 3 is 3.00 bits per heavy atom. The number of anilines is 1. The second-order valence-electron chi connectivity index (χ2n) is 4.06. The van der Waals surface area contributed by atoms with Gasteiger partial charge in [0.1, 0.15) is 6.26 Å². The van der Waals surface area contributed by atoms with Crippen LogP contribution in [-0.4, -0.2) is 33.8 Å². The highest BCUT2D eigenvalue weighted by molar-refractivity contribution is 5.85. The molecule has 2 unspecified atom stereocenters. The largest absolute Gasteiger partial charge is 0.476 e. The number of nitrogens with zero attached hydrogens (tertiary/aromatic N) is 1. The van der Waals surface area contributed by atoms with Crippen molar-refractivity contribution in [3.05, 3.63) is 12.0 Å². The number of carbonyl (C=O) groups is 1. The summed E-state index contributed by atoms with van der Waals surface area (Å²) in [6, 6.07) is 0.221. The first kappa shape index (κ1) is 10.9. The Morgan fingerprint density at radius 2 is 2.44 bits per heavy atom. The van der Waals surface area contributed by atoms with Crippen LogP contribution in [0.5, 0.6) is 0 Å². The summed E-state index contributed by atoms with van der Waals surface area (Å²) in [5.41, 5.74) is -0.103. The van der Waals surface area contributed by atoms with Crippen molar-refractivity contribution < 1.29 is 19.4 Å². The van der Waals surface area contributed by atoms with Crippen molar-refractivity contribution in [2.45, 2.75) is 25.4 Å². The van der Waals surface area contributed by atoms with Crippen LogP contribution in [0.3, 0.4) is 0 Å². The highest BCUT2D eigenvalue weighted by Crippen LogP contribution is 2.25. The van der Waals surface area contributed by atoms with Crippen LogP contribution >= 0.6 is 0 Å². The van der Waals surface area contributed by atoms with Crippen LogP contribution in [0.4, 0.5) is 6.01 Å². The Labute approximate surface area is 92.3 Å². The molecule has 6 nitrogen and oxygen atoms in total. The van der Waals surface area contributed by atoms with Gasteiger partial charge in [-0.1, -0.05) is 0 Å². The fourth-order valence-electron chi connectivity index (χ4n) is 1.92. The minimum Gasteiger partial charge on any atom is -0.476 e. The van der Waals surface area contributed by atoms with Gasteiger partial charge in [-0.05, 0) is 25.2 Å². The Kier molecular flexibility index (Phi) is 3.09. The highest BCUT2D eigenvalue weighted by atomic mass is 16.4. The first-order valence-corrected chi connectivity index (χ1v) is 5.26. The first-order chi connectivity index (χ1) is 7.65. The van der Waals surface area contributed by atoms with Crippen LogP contribution in [0.15, 0.2) is 10.7 Å². The minimum atomic E-state index is -1.10. The van der Waals surface area contributed by atoms with Crippen LogP contribution in [0, 0.1) is 5.92 Å². The SMILES string of the molecule is O=C(O)c1coc(NCC2CCC(O)C2)n1. The second-order valence-corrected chi connectivity index (χ2v) is 4.06. The van der Waals surface area contributed by atoms with E-state index in [0.717, 1.165) is 25.5 Å². The van der Waals surface area contributed by atoms with Crippen molar-refractivity contribution in [2.75, 3.05) is 11.9 Å². The molecule has 1 aromatic heterocycles. The number of aromatic carboxylic acids is 1. The predicted molar refractivity (Wildman–Crippen MR) is 55.3 cm³/mol. The normalized spacial score (nSPS) is 24.6. The monoisotopic (exact) mass is 226 g/mol. The second kappa shape index (κ2) is 4.52. The maximum atomic E-state index is 10.5. The Hall–Kier alpha value is -1.56. The number of oxazole rings is 1. The molecule has 2 rings (SSSR count). The van der Waals surface area contributed by atoms with Gasteiger partial charge in [-0.25, -0.2) is 4.79 Å². The summed E-state index contributed by atoms with van der Waals surface area (Å²) in [5, 5.41) is 20.9. The molecule has 2 atom stereocenters. The summed E-state index contributed by atoms with van der Waals surface area (Å²) < 4.78 is 4.95. The number of aromatic nitrogens is 1. The number of hydrogen-bond acceptors (Lipinski definition) is 5. The Morgan fingerprint density at radius 1 is 1.62 bits per heavy atom. The van der Waals surface area contributed by atoms with Crippen molar-refractivity contribution >= 4 is 12.0 Å². The number of carboxylic acids is 1. The van der Waals surface area contributed by atoms with Gasteiger partial charge in [0.25, 0.3) is 6.01 Å². The third-order valence-electron chi connectivity index (χ3n) is 2.78. The molecule has 0 saturated heterocycles. The summed E-state index contributed by atoms with van der Waals surface area (Å²) in [7, 11) is 0. The Bertz CT molecular complexity index is 377. The molecular weight excluding hydrogens is 212 g/mol. The zero-order valence-electron chi connectivity index (χ0n) is 8.72. The number of aliphatic hydroxyl groups excluding tert-OH is 1. The number of nitrogens with one attached hydrogen (secondary N) is 1. The van der Waals surface area contributed by atoms with E-state index in [1.54, 1.807) is 0 Å². The standard InChI is InChI=1S/C10H14N2O4/c13-7-2-1-6(3-7)4-11-10-12-8(5-16-10)9(14)15/h5-7,13H,1-4H2,(H,11,12)(H,14,15). The molecule has 0 radical (unpaired) electrons. The molecule has 16 heavy (non-hydrogen) atoms. The molecule has 1 aliphatic carbocycles. The zero-order valence-corrected chi connectivity index (χ0v) is 8.72. The third kappa shape index (κ3) is 2.52. The third-order valence-corrected chi connectivity index (χ3v) is 2.78. The minimum absolute atomic E-state index is 0.103. The fraction of sp³-hybridized carbons (Fsp3) is 0.600. The van der Waals surface area contributed by atoms with Gasteiger partial charge in [0, 0.05) is 6.54 Å². The fourth-order valence-corrected chi connectivity index (χ4v) is 1.92. The molecular formula is C10H14N2O4. The molecule has 0 bridgehead atoms. The van der Waals surface area contributed by atoms with E-state index in [9.17, 15) is 9.90 Å². The predicted octanol–water partition coefficient (Wildman–Crippen LogP) is 0.946. The molecule has 3 N–H and O–H groups in total. The van der Waals surface area contributed by atoms with Crippen molar-refractivity contribution in [3.63, 3.8) is 0 Å². The van der Waals surface area contributed by atoms with Crippen molar-refractivity contribution in [3.8, 4) is 0 Å². The van der Waals surface area contributed by atoms with Gasteiger partial charge in [0.2, 0.25) is 0 Å². The van der Waals surface area contributed by atoms with Gasteiger partial charge >= 0.3 is 5.97 Å². The van der Waals surface area contributed by atoms with E-state index in [2.05, 4.69) is 10.3 Å². The van der Waals surface area contributed by atoms with E-state index in [0.29, 0.717) is 12.5 Å². The topological polar surface area (TPSA) is 95.6 Å². The van der Waals surface area contributed by atoms with Gasteiger partial charge in [0.05, 0.1) is 6.10 Å². The smallest absolute Gasteiger partial charge is 0.357 e. The maximum absolute atomic E-state index is 10.5. The molecule has 0 aliphatic heterocycles. The van der Waals surface area contributed by atoms with Gasteiger partial charge in [0.15, 0.2) is 5.69 Å². The summed E-state index contributed by atoms with van der Waals surface area (Å²) in [6.07, 6.45) is 3.48. The van der Waals surface area contributed by atoms with Crippen LogP contribution in [-0.2, 0) is 0 Å². The van der Waals surface area contributed by atoms with E-state index in [4.69, 9.17) is 9.52 Å². The summed E-state index contributed by atoms with van der Waals surface area (Å²) in [6.45, 7) is 0.649. The van der Waals surface area contributed by atoms with E-state index in [1.807, 2.05) is 0 Å². The lowest BCUT2D eigenvalue weighted by Crippen LogP contribution is -2.12. The van der Waals surface area contributed by atoms with Crippen molar-refractivity contribution in [1.29, 1.82) is 0 Å². The first-order valence-electron chi connectivity index (χ1n) is 5.26. The molecule has 1 aromatic rings. The molecule has 1 saturated carbocycles. The van der Waals surface area contributed by atoms with E-state index >= 15 is 0 Å². The van der Waals surface area contributed by atoms with Crippen LogP contribution in [0.2, 0.25) is 0 Å². The number of hydrogen-bond donors (Lipinski definition) is 3. The van der Waals surface area contributed by atoms with E-state index < -0.39 is 5.97 Å². The summed E-state index contributed by atoms with van der Waals surface area (Å²) in [4.78, 5) is 14.3. The molecule has 6 heteroatoms. The van der Waals surface area contributed by atoms with Crippen LogP contribution in [0.1, 0.15) is 29.8 Å². The number of aliphatic hydroxyl groups is 1. The van der Waals surface area contributed by atoms with Crippen molar-refractivity contribution in [2.24, 2.45) is 5.92 Å². The molecule has 0 amide bonds. The Balaban J connectivity index is 1.83.